The Kier molecular flexibility index (Phi) is 1.80. The smallest absolute Gasteiger partial charge is 0.247 e. The molecule has 0 aliphatic heterocycles. The standard InChI is InChI=1S/C12H4N4O/c13-5-8-9(6-14)16-12-11(15-8)7-3-1-2-4-10(7)17-12/h1-4H. The molecule has 2 aromatic heterocycles. The van der Waals surface area contributed by atoms with Gasteiger partial charge in [-0.1, -0.05) is 12.1 Å². The second kappa shape index (κ2) is 3.29. The zero-order valence-electron chi connectivity index (χ0n) is 8.51. The number of hydrogen-bond acceptors (Lipinski definition) is 5. The first-order valence-corrected chi connectivity index (χ1v) is 4.83. The number of rotatable bonds is 0. The molecule has 0 unspecified atom stereocenters. The molecule has 0 fully saturated rings. The Balaban J connectivity index is 2.52. The average molecular weight is 220 g/mol. The summed E-state index contributed by atoms with van der Waals surface area (Å²) in [6.07, 6.45) is 0. The molecule has 0 bridgehead atoms. The molecule has 0 saturated carbocycles. The van der Waals surface area contributed by atoms with Crippen LogP contribution in [0.2, 0.25) is 0 Å². The van der Waals surface area contributed by atoms with Gasteiger partial charge in [0.15, 0.2) is 11.4 Å². The van der Waals surface area contributed by atoms with Crippen molar-refractivity contribution in [3.8, 4) is 12.1 Å². The highest BCUT2D eigenvalue weighted by Gasteiger charge is 2.13. The highest BCUT2D eigenvalue weighted by Crippen LogP contribution is 2.26. The largest absolute Gasteiger partial charge is 0.436 e. The van der Waals surface area contributed by atoms with Crippen molar-refractivity contribution in [2.24, 2.45) is 0 Å². The van der Waals surface area contributed by atoms with E-state index >= 15 is 0 Å². The summed E-state index contributed by atoms with van der Waals surface area (Å²) in [5.74, 6) is 0. The maximum Gasteiger partial charge on any atom is 0.247 e. The molecule has 17 heavy (non-hydrogen) atoms. The summed E-state index contributed by atoms with van der Waals surface area (Å²) in [4.78, 5) is 8.10. The van der Waals surface area contributed by atoms with E-state index < -0.39 is 0 Å². The molecule has 3 aromatic rings. The Bertz CT molecular complexity index is 820. The van der Waals surface area contributed by atoms with Gasteiger partial charge >= 0.3 is 0 Å². The maximum absolute atomic E-state index is 8.88. The summed E-state index contributed by atoms with van der Waals surface area (Å²) < 4.78 is 5.46. The van der Waals surface area contributed by atoms with Crippen LogP contribution in [0.1, 0.15) is 11.4 Å². The van der Waals surface area contributed by atoms with Crippen LogP contribution in [0.15, 0.2) is 28.7 Å². The predicted molar refractivity (Wildman–Crippen MR) is 58.7 cm³/mol. The van der Waals surface area contributed by atoms with Crippen LogP contribution < -0.4 is 0 Å². The van der Waals surface area contributed by atoms with Crippen LogP contribution in [0, 0.1) is 22.7 Å². The Labute approximate surface area is 95.5 Å². The first kappa shape index (κ1) is 9.32. The molecule has 0 radical (unpaired) electrons. The number of fused-ring (bicyclic) bond motifs is 3. The van der Waals surface area contributed by atoms with E-state index in [1.807, 2.05) is 30.3 Å². The molecular formula is C12H4N4O. The van der Waals surface area contributed by atoms with Gasteiger partial charge in [-0.15, -0.1) is 0 Å². The maximum atomic E-state index is 8.88. The van der Waals surface area contributed by atoms with Crippen molar-refractivity contribution in [1.29, 1.82) is 10.5 Å². The SMILES string of the molecule is N#Cc1nc2oc3ccccc3c2nc1C#N. The number of nitrogens with zero attached hydrogens (tertiary/aromatic N) is 4. The van der Waals surface area contributed by atoms with Crippen molar-refractivity contribution in [2.75, 3.05) is 0 Å². The second-order valence-corrected chi connectivity index (χ2v) is 3.40. The third-order valence-corrected chi connectivity index (χ3v) is 2.42. The Hall–Kier alpha value is -2.92. The fourth-order valence-corrected chi connectivity index (χ4v) is 1.68. The van der Waals surface area contributed by atoms with E-state index in [0.717, 1.165) is 5.39 Å². The van der Waals surface area contributed by atoms with E-state index in [1.165, 1.54) is 0 Å². The topological polar surface area (TPSA) is 86.5 Å². The molecule has 5 heteroatoms. The molecule has 5 nitrogen and oxygen atoms in total. The van der Waals surface area contributed by atoms with Crippen LogP contribution in [0.4, 0.5) is 0 Å². The number of para-hydroxylation sites is 1. The van der Waals surface area contributed by atoms with E-state index in [2.05, 4.69) is 9.97 Å². The average Bonchev–Trinajstić information content (AvgIpc) is 2.74. The molecule has 3 rings (SSSR count). The highest BCUT2D eigenvalue weighted by atomic mass is 16.3. The quantitative estimate of drug-likeness (QED) is 0.579. The summed E-state index contributed by atoms with van der Waals surface area (Å²) in [5.41, 5.74) is 1.44. The van der Waals surface area contributed by atoms with Gasteiger partial charge in [0.2, 0.25) is 5.71 Å². The summed E-state index contributed by atoms with van der Waals surface area (Å²) in [5, 5.41) is 18.5. The fourth-order valence-electron chi connectivity index (χ4n) is 1.68. The molecule has 0 aliphatic rings. The molecule has 0 amide bonds. The van der Waals surface area contributed by atoms with Crippen molar-refractivity contribution >= 4 is 22.2 Å². The number of aromatic nitrogens is 2. The molecule has 0 aliphatic carbocycles. The van der Waals surface area contributed by atoms with Crippen molar-refractivity contribution in [1.82, 2.24) is 9.97 Å². The number of nitriles is 2. The zero-order valence-corrected chi connectivity index (χ0v) is 8.51. The van der Waals surface area contributed by atoms with Gasteiger partial charge in [0, 0.05) is 5.39 Å². The molecule has 1 aromatic carbocycles. The van der Waals surface area contributed by atoms with Gasteiger partial charge in [0.1, 0.15) is 23.2 Å². The lowest BCUT2D eigenvalue weighted by molar-refractivity contribution is 0.652. The Morgan fingerprint density at radius 1 is 1.00 bits per heavy atom. The minimum atomic E-state index is -0.0148. The van der Waals surface area contributed by atoms with Gasteiger partial charge in [-0.3, -0.25) is 0 Å². The van der Waals surface area contributed by atoms with E-state index in [4.69, 9.17) is 14.9 Å². The minimum Gasteiger partial charge on any atom is -0.436 e. The molecule has 0 N–H and O–H groups in total. The van der Waals surface area contributed by atoms with E-state index in [9.17, 15) is 0 Å². The van der Waals surface area contributed by atoms with Crippen molar-refractivity contribution < 1.29 is 4.42 Å². The molecule has 2 heterocycles. The summed E-state index contributed by atoms with van der Waals surface area (Å²) in [6.45, 7) is 0. The van der Waals surface area contributed by atoms with Crippen LogP contribution >= 0.6 is 0 Å². The van der Waals surface area contributed by atoms with Crippen LogP contribution in [0.3, 0.4) is 0 Å². The lowest BCUT2D eigenvalue weighted by Gasteiger charge is -1.91. The lowest BCUT2D eigenvalue weighted by atomic mass is 10.2. The highest BCUT2D eigenvalue weighted by molar-refractivity contribution is 6.01. The summed E-state index contributed by atoms with van der Waals surface area (Å²) in [7, 11) is 0. The first-order valence-electron chi connectivity index (χ1n) is 4.83. The Morgan fingerprint density at radius 2 is 1.71 bits per heavy atom. The second-order valence-electron chi connectivity index (χ2n) is 3.40. The summed E-state index contributed by atoms with van der Waals surface area (Å²) in [6, 6.07) is 11.0. The summed E-state index contributed by atoms with van der Waals surface area (Å²) >= 11 is 0. The van der Waals surface area contributed by atoms with Crippen molar-refractivity contribution in [3.63, 3.8) is 0 Å². The van der Waals surface area contributed by atoms with Gasteiger partial charge in [-0.05, 0) is 12.1 Å². The molecule has 78 valence electrons. The third-order valence-electron chi connectivity index (χ3n) is 2.42. The molecule has 0 atom stereocenters. The van der Waals surface area contributed by atoms with E-state index in [0.29, 0.717) is 11.1 Å². The van der Waals surface area contributed by atoms with Crippen LogP contribution in [-0.2, 0) is 0 Å². The number of benzene rings is 1. The van der Waals surface area contributed by atoms with Crippen molar-refractivity contribution in [3.05, 3.63) is 35.7 Å². The predicted octanol–water partition coefficient (Wildman–Crippen LogP) is 2.12. The van der Waals surface area contributed by atoms with Crippen molar-refractivity contribution in [2.45, 2.75) is 0 Å². The first-order chi connectivity index (χ1) is 8.33. The Morgan fingerprint density at radius 3 is 2.47 bits per heavy atom. The van der Waals surface area contributed by atoms with Crippen LogP contribution in [0.5, 0.6) is 0 Å². The third kappa shape index (κ3) is 1.23. The zero-order chi connectivity index (χ0) is 11.8. The molecule has 0 saturated heterocycles. The monoisotopic (exact) mass is 220 g/mol. The number of furan rings is 1. The van der Waals surface area contributed by atoms with Gasteiger partial charge in [0.05, 0.1) is 0 Å². The van der Waals surface area contributed by atoms with E-state index in [1.54, 1.807) is 6.07 Å². The fraction of sp³-hybridized carbons (Fsp3) is 0. The van der Waals surface area contributed by atoms with Crippen LogP contribution in [-0.4, -0.2) is 9.97 Å². The van der Waals surface area contributed by atoms with E-state index in [-0.39, 0.29) is 17.1 Å². The van der Waals surface area contributed by atoms with Gasteiger partial charge in [-0.25, -0.2) is 4.98 Å². The van der Waals surface area contributed by atoms with Crippen LogP contribution in [0.25, 0.3) is 22.2 Å². The molecule has 0 spiro atoms. The number of hydrogen-bond donors (Lipinski definition) is 0. The van der Waals surface area contributed by atoms with Gasteiger partial charge in [0.25, 0.3) is 0 Å². The van der Waals surface area contributed by atoms with Gasteiger partial charge < -0.3 is 4.42 Å². The lowest BCUT2D eigenvalue weighted by Crippen LogP contribution is -1.93. The van der Waals surface area contributed by atoms with Gasteiger partial charge in [-0.2, -0.15) is 15.5 Å². The normalized spacial score (nSPS) is 10.2. The minimum absolute atomic E-state index is 0.0148. The molecular weight excluding hydrogens is 216 g/mol.